The summed E-state index contributed by atoms with van der Waals surface area (Å²) < 4.78 is 4.95. The van der Waals surface area contributed by atoms with Gasteiger partial charge in [0.25, 0.3) is 5.91 Å². The summed E-state index contributed by atoms with van der Waals surface area (Å²) in [6, 6.07) is -0.960. The Morgan fingerprint density at radius 2 is 1.23 bits per heavy atom. The Morgan fingerprint density at radius 3 is 1.73 bits per heavy atom. The van der Waals surface area contributed by atoms with Crippen LogP contribution >= 0.6 is 0 Å². The van der Waals surface area contributed by atoms with Crippen molar-refractivity contribution in [3.05, 3.63) is 0 Å². The lowest BCUT2D eigenvalue weighted by Crippen LogP contribution is -2.50. The molecule has 170 valence electrons. The summed E-state index contributed by atoms with van der Waals surface area (Å²) in [5.41, 5.74) is 1.12. The van der Waals surface area contributed by atoms with Gasteiger partial charge in [0, 0.05) is 0 Å². The van der Waals surface area contributed by atoms with Gasteiger partial charge in [0.2, 0.25) is 23.6 Å². The van der Waals surface area contributed by atoms with Crippen LogP contribution in [0.1, 0.15) is 27.7 Å². The number of hydrogen-bond donors (Lipinski definition) is 7. The zero-order valence-electron chi connectivity index (χ0n) is 17.3. The predicted octanol–water partition coefficient (Wildman–Crippen LogP) is -3.65. The van der Waals surface area contributed by atoms with Crippen LogP contribution in [0, 0.1) is 0 Å². The van der Waals surface area contributed by atoms with Gasteiger partial charge in [0.1, 0.15) is 18.2 Å². The van der Waals surface area contributed by atoms with E-state index in [2.05, 4.69) is 26.6 Å². The minimum absolute atomic E-state index is 0.352. The highest BCUT2D eigenvalue weighted by Gasteiger charge is 2.18. The second-order valence-electron chi connectivity index (χ2n) is 6.98. The lowest BCUT2D eigenvalue weighted by Gasteiger charge is -2.19. The van der Waals surface area contributed by atoms with Crippen LogP contribution in [0.5, 0.6) is 0 Å². The van der Waals surface area contributed by atoms with E-state index in [1.807, 2.05) is 5.43 Å². The smallest absolute Gasteiger partial charge is 0.408 e. The molecular formula is C16H29N7O7. The molecule has 0 rings (SSSR count). The second kappa shape index (κ2) is 12.9. The van der Waals surface area contributed by atoms with Crippen LogP contribution in [0.4, 0.5) is 4.79 Å². The van der Waals surface area contributed by atoms with Crippen molar-refractivity contribution >= 4 is 35.6 Å². The first kappa shape index (κ1) is 26.6. The maximum atomic E-state index is 11.7. The van der Waals surface area contributed by atoms with E-state index in [1.165, 1.54) is 6.92 Å². The highest BCUT2D eigenvalue weighted by Crippen LogP contribution is 2.05. The monoisotopic (exact) mass is 431 g/mol. The molecule has 14 heteroatoms. The van der Waals surface area contributed by atoms with E-state index in [0.717, 1.165) is 0 Å². The molecule has 6 amide bonds. The molecule has 14 nitrogen and oxygen atoms in total. The van der Waals surface area contributed by atoms with Crippen molar-refractivity contribution in [3.63, 3.8) is 0 Å². The second-order valence-corrected chi connectivity index (χ2v) is 6.98. The third-order valence-electron chi connectivity index (χ3n) is 3.04. The molecule has 0 aromatic carbocycles. The Kier molecular flexibility index (Phi) is 11.5. The molecule has 8 N–H and O–H groups in total. The van der Waals surface area contributed by atoms with Crippen molar-refractivity contribution in [1.82, 2.24) is 32.0 Å². The Labute approximate surface area is 173 Å². The largest absolute Gasteiger partial charge is 0.444 e. The number of amides is 6. The van der Waals surface area contributed by atoms with Gasteiger partial charge in [0.05, 0.1) is 19.6 Å². The summed E-state index contributed by atoms with van der Waals surface area (Å²) in [5, 5.41) is 11.3. The molecule has 0 bridgehead atoms. The number of hydrazine groups is 1. The number of carbonyl (C=O) groups is 6. The minimum atomic E-state index is -0.960. The highest BCUT2D eigenvalue weighted by atomic mass is 16.6. The molecule has 1 unspecified atom stereocenters. The van der Waals surface area contributed by atoms with E-state index in [0.29, 0.717) is 0 Å². The fourth-order valence-electron chi connectivity index (χ4n) is 1.68. The van der Waals surface area contributed by atoms with Gasteiger partial charge in [0.15, 0.2) is 0 Å². The van der Waals surface area contributed by atoms with Gasteiger partial charge in [-0.2, -0.15) is 0 Å². The molecule has 0 aliphatic rings. The summed E-state index contributed by atoms with van der Waals surface area (Å²) in [5.74, 6) is 1.68. The van der Waals surface area contributed by atoms with E-state index in [-0.39, 0.29) is 6.54 Å². The Hall–Kier alpha value is -3.42. The van der Waals surface area contributed by atoms with Crippen molar-refractivity contribution in [2.24, 2.45) is 5.84 Å². The van der Waals surface area contributed by atoms with Gasteiger partial charge < -0.3 is 31.3 Å². The maximum absolute atomic E-state index is 11.7. The molecule has 0 spiro atoms. The molecule has 0 heterocycles. The molecule has 0 radical (unpaired) electrons. The van der Waals surface area contributed by atoms with Crippen molar-refractivity contribution < 1.29 is 33.5 Å². The van der Waals surface area contributed by atoms with Crippen LogP contribution in [-0.4, -0.2) is 73.5 Å². The van der Waals surface area contributed by atoms with E-state index >= 15 is 0 Å². The molecule has 0 saturated carbocycles. The number of carbonyl (C=O) groups excluding carboxylic acids is 6. The predicted molar refractivity (Wildman–Crippen MR) is 103 cm³/mol. The fourth-order valence-corrected chi connectivity index (χ4v) is 1.68. The lowest BCUT2D eigenvalue weighted by molar-refractivity contribution is -0.130. The zero-order chi connectivity index (χ0) is 23.3. The van der Waals surface area contributed by atoms with E-state index in [1.54, 1.807) is 20.8 Å². The topological polar surface area (TPSA) is 210 Å². The summed E-state index contributed by atoms with van der Waals surface area (Å²) in [4.78, 5) is 69.0. The van der Waals surface area contributed by atoms with Crippen LogP contribution in [0.2, 0.25) is 0 Å². The molecule has 0 fully saturated rings. The summed E-state index contributed by atoms with van der Waals surface area (Å²) in [6.07, 6.45) is -0.777. The van der Waals surface area contributed by atoms with Crippen molar-refractivity contribution in [2.75, 3.05) is 26.2 Å². The first-order valence-electron chi connectivity index (χ1n) is 8.90. The van der Waals surface area contributed by atoms with Gasteiger partial charge >= 0.3 is 6.09 Å². The molecule has 0 saturated heterocycles. The lowest BCUT2D eigenvalue weighted by atomic mass is 10.2. The van der Waals surface area contributed by atoms with Gasteiger partial charge in [-0.05, 0) is 27.7 Å². The molecule has 0 aromatic heterocycles. The standard InChI is InChI=1S/C16H29N7O7/c1-9(14(28)20-8-13(27)23-17)22-12(26)7-19-10(24)5-18-11(25)6-21-15(29)30-16(2,3)4/h9H,5-8,17H2,1-4H3,(H,18,25)(H,19,24)(H,20,28)(H,21,29)(H,22,26)(H,23,27). The fraction of sp³-hybridized carbons (Fsp3) is 0.625. The maximum Gasteiger partial charge on any atom is 0.408 e. The van der Waals surface area contributed by atoms with E-state index < -0.39 is 66.9 Å². The zero-order valence-corrected chi connectivity index (χ0v) is 17.3. The number of nitrogens with two attached hydrogens (primary N) is 1. The van der Waals surface area contributed by atoms with Gasteiger partial charge in [-0.3, -0.25) is 29.4 Å². The van der Waals surface area contributed by atoms with Gasteiger partial charge in [-0.1, -0.05) is 0 Å². The highest BCUT2D eigenvalue weighted by molar-refractivity contribution is 5.92. The molecule has 0 aliphatic heterocycles. The van der Waals surface area contributed by atoms with Gasteiger partial charge in [-0.25, -0.2) is 10.6 Å². The van der Waals surface area contributed by atoms with E-state index in [9.17, 15) is 28.8 Å². The molecule has 0 aliphatic carbocycles. The third-order valence-corrected chi connectivity index (χ3v) is 3.04. The Bertz CT molecular complexity index is 661. The first-order valence-corrected chi connectivity index (χ1v) is 8.90. The Balaban J connectivity index is 4.05. The SMILES string of the molecule is CC(NC(=O)CNC(=O)CNC(=O)CNC(=O)OC(C)(C)C)C(=O)NCC(=O)NN. The van der Waals surface area contributed by atoms with E-state index in [4.69, 9.17) is 10.6 Å². The van der Waals surface area contributed by atoms with Crippen LogP contribution in [0.15, 0.2) is 0 Å². The van der Waals surface area contributed by atoms with Crippen LogP contribution in [-0.2, 0) is 28.7 Å². The number of nitrogens with one attached hydrogen (secondary N) is 6. The molecule has 0 aromatic rings. The van der Waals surface area contributed by atoms with Gasteiger partial charge in [-0.15, -0.1) is 0 Å². The van der Waals surface area contributed by atoms with Crippen molar-refractivity contribution in [3.8, 4) is 0 Å². The van der Waals surface area contributed by atoms with Crippen LogP contribution < -0.4 is 37.9 Å². The quantitative estimate of drug-likeness (QED) is 0.104. The minimum Gasteiger partial charge on any atom is -0.444 e. The Morgan fingerprint density at radius 1 is 0.767 bits per heavy atom. The number of hydrogen-bond acceptors (Lipinski definition) is 8. The summed E-state index contributed by atoms with van der Waals surface area (Å²) in [7, 11) is 0. The number of alkyl carbamates (subject to hydrolysis) is 1. The van der Waals surface area contributed by atoms with Crippen molar-refractivity contribution in [1.29, 1.82) is 0 Å². The molecule has 1 atom stereocenters. The number of rotatable bonds is 10. The normalized spacial score (nSPS) is 11.4. The molecular weight excluding hydrogens is 402 g/mol. The molecule has 30 heavy (non-hydrogen) atoms. The number of ether oxygens (including phenoxy) is 1. The average Bonchev–Trinajstić information content (AvgIpc) is 2.65. The summed E-state index contributed by atoms with van der Waals surface area (Å²) in [6.45, 7) is 4.78. The average molecular weight is 431 g/mol. The third kappa shape index (κ3) is 13.7. The first-order chi connectivity index (χ1) is 13.8. The van der Waals surface area contributed by atoms with Crippen molar-refractivity contribution in [2.45, 2.75) is 39.3 Å². The van der Waals surface area contributed by atoms with Crippen LogP contribution in [0.25, 0.3) is 0 Å². The summed E-state index contributed by atoms with van der Waals surface area (Å²) >= 11 is 0. The van der Waals surface area contributed by atoms with Crippen LogP contribution in [0.3, 0.4) is 0 Å².